The number of fused-ring (bicyclic) bond motifs is 8. The van der Waals surface area contributed by atoms with Gasteiger partial charge in [-0.2, -0.15) is 0 Å². The van der Waals surface area contributed by atoms with E-state index in [1.165, 1.54) is 5.39 Å². The van der Waals surface area contributed by atoms with Gasteiger partial charge in [-0.3, -0.25) is 0 Å². The van der Waals surface area contributed by atoms with E-state index >= 15 is 0 Å². The van der Waals surface area contributed by atoms with Crippen LogP contribution in [0.5, 0.6) is 0 Å². The Morgan fingerprint density at radius 1 is 0.333 bits per heavy atom. The summed E-state index contributed by atoms with van der Waals surface area (Å²) in [7, 11) is 0. The third-order valence-corrected chi connectivity index (χ3v) is 10.1. The molecular formula is C48H28N4O2. The smallest absolute Gasteiger partial charge is 0.227 e. The molecule has 0 aliphatic carbocycles. The third kappa shape index (κ3) is 5.04. The highest BCUT2D eigenvalue weighted by atomic mass is 16.4. The number of aromatic nitrogens is 4. The quantitative estimate of drug-likeness (QED) is 0.179. The zero-order valence-corrected chi connectivity index (χ0v) is 28.8. The predicted octanol–water partition coefficient (Wildman–Crippen LogP) is 12.6. The molecule has 0 fully saturated rings. The average molecular weight is 693 g/mol. The van der Waals surface area contributed by atoms with Crippen LogP contribution in [-0.4, -0.2) is 19.9 Å². The molecule has 0 aliphatic heterocycles. The molecule has 3 heterocycles. The van der Waals surface area contributed by atoms with E-state index in [-0.39, 0.29) is 0 Å². The number of oxazole rings is 1. The molecule has 0 bridgehead atoms. The highest BCUT2D eigenvalue weighted by Crippen LogP contribution is 2.41. The zero-order valence-electron chi connectivity index (χ0n) is 28.8. The van der Waals surface area contributed by atoms with E-state index in [2.05, 4.69) is 103 Å². The van der Waals surface area contributed by atoms with Crippen LogP contribution in [0.1, 0.15) is 0 Å². The first kappa shape index (κ1) is 30.2. The Kier molecular flexibility index (Phi) is 6.75. The largest absolute Gasteiger partial charge is 0.456 e. The second kappa shape index (κ2) is 12.1. The molecule has 0 unspecified atom stereocenters. The minimum atomic E-state index is 0.571. The molecule has 3 aromatic heterocycles. The van der Waals surface area contributed by atoms with Gasteiger partial charge in [0.25, 0.3) is 0 Å². The normalized spacial score (nSPS) is 11.7. The number of hydrogen-bond acceptors (Lipinski definition) is 6. The maximum Gasteiger partial charge on any atom is 0.227 e. The Bertz CT molecular complexity index is 3200. The van der Waals surface area contributed by atoms with Crippen LogP contribution >= 0.6 is 0 Å². The highest BCUT2D eigenvalue weighted by Gasteiger charge is 2.20. The lowest BCUT2D eigenvalue weighted by atomic mass is 10.0. The van der Waals surface area contributed by atoms with Gasteiger partial charge in [-0.25, -0.2) is 19.9 Å². The minimum absolute atomic E-state index is 0.571. The number of nitrogens with zero attached hydrogens (tertiary/aromatic N) is 4. The highest BCUT2D eigenvalue weighted by molar-refractivity contribution is 6.25. The standard InChI is InChI=1S/C48H28N4O2/c1-3-9-29(10-4-1)31-15-19-34(20-16-31)46-50-45(33-12-5-2-6-13-33)51-47(52-46)36-21-18-32-23-25-40-42(38(32)28-36)43-41(53-40)26-24-39-44(43)54-48(49-39)37-22-17-30-11-7-8-14-35(30)27-37/h1-28H. The van der Waals surface area contributed by atoms with Crippen LogP contribution in [0.15, 0.2) is 179 Å². The summed E-state index contributed by atoms with van der Waals surface area (Å²) in [5.41, 5.74) is 8.89. The molecular weight excluding hydrogens is 665 g/mol. The molecule has 8 aromatic carbocycles. The maximum absolute atomic E-state index is 6.61. The van der Waals surface area contributed by atoms with E-state index in [0.717, 1.165) is 77.0 Å². The van der Waals surface area contributed by atoms with Crippen LogP contribution in [0.2, 0.25) is 0 Å². The molecule has 0 radical (unpaired) electrons. The van der Waals surface area contributed by atoms with E-state index < -0.39 is 0 Å². The fourth-order valence-corrected chi connectivity index (χ4v) is 7.43. The Labute approximate surface area is 309 Å². The Hall–Kier alpha value is -7.44. The molecule has 252 valence electrons. The third-order valence-electron chi connectivity index (χ3n) is 10.1. The lowest BCUT2D eigenvalue weighted by Crippen LogP contribution is -2.00. The predicted molar refractivity (Wildman–Crippen MR) is 217 cm³/mol. The van der Waals surface area contributed by atoms with Crippen molar-refractivity contribution in [3.63, 3.8) is 0 Å². The van der Waals surface area contributed by atoms with Crippen LogP contribution in [0.3, 0.4) is 0 Å². The SMILES string of the molecule is c1ccc(-c2ccc(-c3nc(-c4ccccc4)nc(-c4ccc5ccc6oc7ccc8nc(-c9ccc%10ccccc%10c9)oc8c7c6c5c4)n3)cc2)cc1. The number of furan rings is 1. The molecule has 11 aromatic rings. The van der Waals surface area contributed by atoms with Crippen molar-refractivity contribution in [3.8, 4) is 56.7 Å². The van der Waals surface area contributed by atoms with E-state index in [4.69, 9.17) is 28.8 Å². The van der Waals surface area contributed by atoms with Crippen molar-refractivity contribution in [2.45, 2.75) is 0 Å². The van der Waals surface area contributed by atoms with Crippen molar-refractivity contribution in [3.05, 3.63) is 170 Å². The van der Waals surface area contributed by atoms with Crippen LogP contribution < -0.4 is 0 Å². The summed E-state index contributed by atoms with van der Waals surface area (Å²) >= 11 is 0. The molecule has 54 heavy (non-hydrogen) atoms. The van der Waals surface area contributed by atoms with Crippen molar-refractivity contribution in [1.29, 1.82) is 0 Å². The zero-order chi connectivity index (χ0) is 35.6. The summed E-state index contributed by atoms with van der Waals surface area (Å²) in [5.74, 6) is 2.37. The topological polar surface area (TPSA) is 77.8 Å². The van der Waals surface area contributed by atoms with Gasteiger partial charge < -0.3 is 8.83 Å². The fourth-order valence-electron chi connectivity index (χ4n) is 7.43. The van der Waals surface area contributed by atoms with E-state index in [1.807, 2.05) is 66.7 Å². The minimum Gasteiger partial charge on any atom is -0.456 e. The van der Waals surface area contributed by atoms with Crippen LogP contribution in [0, 0.1) is 0 Å². The van der Waals surface area contributed by atoms with Crippen molar-refractivity contribution in [2.24, 2.45) is 0 Å². The molecule has 6 heteroatoms. The van der Waals surface area contributed by atoms with Gasteiger partial charge in [0.2, 0.25) is 5.89 Å². The lowest BCUT2D eigenvalue weighted by molar-refractivity contribution is 0.622. The molecule has 0 saturated heterocycles. The average Bonchev–Trinajstić information content (AvgIpc) is 3.86. The molecule has 0 aliphatic rings. The second-order valence-electron chi connectivity index (χ2n) is 13.5. The van der Waals surface area contributed by atoms with Crippen molar-refractivity contribution in [2.75, 3.05) is 0 Å². The molecule has 0 atom stereocenters. The summed E-state index contributed by atoms with van der Waals surface area (Å²) < 4.78 is 13.1. The summed E-state index contributed by atoms with van der Waals surface area (Å²) in [6, 6.07) is 57.8. The van der Waals surface area contributed by atoms with Gasteiger partial charge in [-0.05, 0) is 69.1 Å². The van der Waals surface area contributed by atoms with Gasteiger partial charge in [0.05, 0.1) is 5.39 Å². The van der Waals surface area contributed by atoms with Crippen molar-refractivity contribution in [1.82, 2.24) is 19.9 Å². The second-order valence-corrected chi connectivity index (χ2v) is 13.5. The van der Waals surface area contributed by atoms with Crippen LogP contribution in [-0.2, 0) is 0 Å². The van der Waals surface area contributed by atoms with Gasteiger partial charge in [-0.15, -0.1) is 0 Å². The Morgan fingerprint density at radius 2 is 0.870 bits per heavy atom. The Balaban J connectivity index is 1.08. The summed E-state index contributed by atoms with van der Waals surface area (Å²) in [4.78, 5) is 20.0. The summed E-state index contributed by atoms with van der Waals surface area (Å²) in [6.07, 6.45) is 0. The maximum atomic E-state index is 6.61. The number of rotatable bonds is 5. The molecule has 0 saturated carbocycles. The van der Waals surface area contributed by atoms with Crippen LogP contribution in [0.25, 0.3) is 111 Å². The van der Waals surface area contributed by atoms with Gasteiger partial charge >= 0.3 is 0 Å². The summed E-state index contributed by atoms with van der Waals surface area (Å²) in [5, 5.41) is 6.24. The monoisotopic (exact) mass is 692 g/mol. The number of hydrogen-bond donors (Lipinski definition) is 0. The van der Waals surface area contributed by atoms with Gasteiger partial charge in [0.15, 0.2) is 23.1 Å². The summed E-state index contributed by atoms with van der Waals surface area (Å²) in [6.45, 7) is 0. The van der Waals surface area contributed by atoms with E-state index in [9.17, 15) is 0 Å². The van der Waals surface area contributed by atoms with Gasteiger partial charge in [0.1, 0.15) is 16.7 Å². The fraction of sp³-hybridized carbons (Fsp3) is 0. The van der Waals surface area contributed by atoms with Crippen molar-refractivity contribution < 1.29 is 8.83 Å². The van der Waals surface area contributed by atoms with Gasteiger partial charge in [0, 0.05) is 27.6 Å². The first-order chi connectivity index (χ1) is 26.7. The lowest BCUT2D eigenvalue weighted by Gasteiger charge is -2.10. The first-order valence-corrected chi connectivity index (χ1v) is 17.9. The van der Waals surface area contributed by atoms with E-state index in [0.29, 0.717) is 28.9 Å². The Morgan fingerprint density at radius 3 is 1.65 bits per heavy atom. The van der Waals surface area contributed by atoms with E-state index in [1.54, 1.807) is 0 Å². The molecule has 6 nitrogen and oxygen atoms in total. The van der Waals surface area contributed by atoms with Crippen LogP contribution in [0.4, 0.5) is 0 Å². The van der Waals surface area contributed by atoms with Gasteiger partial charge in [-0.1, -0.05) is 133 Å². The first-order valence-electron chi connectivity index (χ1n) is 17.9. The number of benzene rings is 8. The molecule has 11 rings (SSSR count). The van der Waals surface area contributed by atoms with Crippen molar-refractivity contribution >= 4 is 54.6 Å². The molecule has 0 N–H and O–H groups in total. The molecule has 0 spiro atoms. The molecule has 0 amide bonds.